The number of carbonyl (C=O) groups is 2. The summed E-state index contributed by atoms with van der Waals surface area (Å²) in [6.07, 6.45) is 6.92. The molecule has 2 aromatic carbocycles. The number of aromatic nitrogens is 1. The highest BCUT2D eigenvalue weighted by Gasteiger charge is 2.44. The number of aromatic amines is 1. The van der Waals surface area contributed by atoms with Crippen LogP contribution in [-0.2, 0) is 16.0 Å². The van der Waals surface area contributed by atoms with Crippen LogP contribution >= 0.6 is 0 Å². The summed E-state index contributed by atoms with van der Waals surface area (Å²) in [6.45, 7) is 0.275. The SMILES string of the molecule is COc1ccc2[nH]cc(CCN3C(=O)C(O)=C(C(=O)/C=C/c4ccccc4)[C@@H]3c3ccco3)c2c1. The third-order valence-corrected chi connectivity index (χ3v) is 6.21. The molecule has 1 aliphatic rings. The fourth-order valence-electron chi connectivity index (χ4n) is 4.44. The van der Waals surface area contributed by atoms with Crippen molar-refractivity contribution in [3.05, 3.63) is 107 Å². The molecule has 2 aromatic heterocycles. The first-order valence-corrected chi connectivity index (χ1v) is 11.3. The maximum atomic E-state index is 13.2. The van der Waals surface area contributed by atoms with E-state index in [1.54, 1.807) is 25.3 Å². The van der Waals surface area contributed by atoms with Crippen LogP contribution < -0.4 is 4.74 Å². The van der Waals surface area contributed by atoms with Gasteiger partial charge in [0.2, 0.25) is 0 Å². The van der Waals surface area contributed by atoms with Crippen molar-refractivity contribution >= 4 is 28.7 Å². The van der Waals surface area contributed by atoms with Gasteiger partial charge in [-0.05, 0) is 54.0 Å². The monoisotopic (exact) mass is 468 g/mol. The van der Waals surface area contributed by atoms with Gasteiger partial charge in [0.1, 0.15) is 17.6 Å². The molecule has 0 aliphatic carbocycles. The Morgan fingerprint density at radius 2 is 2.00 bits per heavy atom. The van der Waals surface area contributed by atoms with Crippen LogP contribution in [0.3, 0.4) is 0 Å². The lowest BCUT2D eigenvalue weighted by atomic mass is 10.00. The van der Waals surface area contributed by atoms with Gasteiger partial charge in [-0.25, -0.2) is 0 Å². The summed E-state index contributed by atoms with van der Waals surface area (Å²) in [7, 11) is 1.61. The highest BCUT2D eigenvalue weighted by atomic mass is 16.5. The van der Waals surface area contributed by atoms with Crippen molar-refractivity contribution in [1.29, 1.82) is 0 Å². The molecule has 1 atom stereocenters. The van der Waals surface area contributed by atoms with Crippen LogP contribution in [0.2, 0.25) is 0 Å². The lowest BCUT2D eigenvalue weighted by molar-refractivity contribution is -0.129. The number of carbonyl (C=O) groups excluding carboxylic acids is 2. The molecule has 35 heavy (non-hydrogen) atoms. The number of H-pyrrole nitrogens is 1. The standard InChI is InChI=1S/C28H24N2O5/c1-34-20-10-11-22-21(16-20)19(17-29-22)13-14-30-26(24-8-5-15-35-24)25(27(32)28(30)33)23(31)12-9-18-6-3-2-4-7-18/h2-12,15-17,26,29,32H,13-14H2,1H3/b12-9+/t26-/m0/s1. The van der Waals surface area contributed by atoms with Crippen molar-refractivity contribution in [2.24, 2.45) is 0 Å². The Hall–Kier alpha value is -4.52. The van der Waals surface area contributed by atoms with E-state index in [1.807, 2.05) is 54.7 Å². The quantitative estimate of drug-likeness (QED) is 0.355. The summed E-state index contributed by atoms with van der Waals surface area (Å²) in [5, 5.41) is 11.7. The van der Waals surface area contributed by atoms with Gasteiger partial charge < -0.3 is 24.1 Å². The molecule has 0 unspecified atom stereocenters. The van der Waals surface area contributed by atoms with Crippen molar-refractivity contribution in [2.75, 3.05) is 13.7 Å². The minimum atomic E-state index is -0.815. The molecule has 176 valence electrons. The van der Waals surface area contributed by atoms with Crippen LogP contribution in [0.4, 0.5) is 0 Å². The number of ketones is 1. The molecule has 1 amide bonds. The molecular formula is C28H24N2O5. The lowest BCUT2D eigenvalue weighted by Crippen LogP contribution is -2.32. The Kier molecular flexibility index (Phi) is 5.97. The van der Waals surface area contributed by atoms with E-state index in [-0.39, 0.29) is 12.1 Å². The molecule has 0 bridgehead atoms. The van der Waals surface area contributed by atoms with E-state index in [4.69, 9.17) is 9.15 Å². The fourth-order valence-corrected chi connectivity index (χ4v) is 4.44. The Labute approximate surface area is 201 Å². The molecule has 2 N–H and O–H groups in total. The van der Waals surface area contributed by atoms with Crippen molar-refractivity contribution < 1.29 is 23.8 Å². The normalized spacial score (nSPS) is 16.1. The average molecular weight is 469 g/mol. The van der Waals surface area contributed by atoms with Crippen molar-refractivity contribution in [3.8, 4) is 5.75 Å². The predicted octanol–water partition coefficient (Wildman–Crippen LogP) is 4.99. The van der Waals surface area contributed by atoms with E-state index >= 15 is 0 Å². The number of aliphatic hydroxyl groups is 1. The predicted molar refractivity (Wildman–Crippen MR) is 132 cm³/mol. The minimum absolute atomic E-state index is 0.0118. The van der Waals surface area contributed by atoms with E-state index in [0.29, 0.717) is 12.2 Å². The van der Waals surface area contributed by atoms with Gasteiger partial charge >= 0.3 is 0 Å². The van der Waals surface area contributed by atoms with Crippen LogP contribution in [0.15, 0.2) is 94.9 Å². The van der Waals surface area contributed by atoms with Gasteiger partial charge in [0.15, 0.2) is 11.5 Å². The number of fused-ring (bicyclic) bond motifs is 1. The molecule has 0 spiro atoms. The summed E-state index contributed by atoms with van der Waals surface area (Å²) in [6, 6.07) is 17.7. The molecule has 7 nitrogen and oxygen atoms in total. The first-order chi connectivity index (χ1) is 17.1. The number of nitrogens with one attached hydrogen (secondary N) is 1. The molecular weight excluding hydrogens is 444 g/mol. The Morgan fingerprint density at radius 1 is 1.17 bits per heavy atom. The van der Waals surface area contributed by atoms with Crippen LogP contribution in [0.1, 0.15) is 22.9 Å². The third-order valence-electron chi connectivity index (χ3n) is 6.21. The van der Waals surface area contributed by atoms with E-state index in [2.05, 4.69) is 4.98 Å². The second-order valence-electron chi connectivity index (χ2n) is 8.26. The average Bonchev–Trinajstić information content (AvgIpc) is 3.61. The number of rotatable bonds is 8. The van der Waals surface area contributed by atoms with Gasteiger partial charge in [0.05, 0.1) is 18.9 Å². The third kappa shape index (κ3) is 4.24. The highest BCUT2D eigenvalue weighted by molar-refractivity contribution is 6.14. The Balaban J connectivity index is 1.43. The summed E-state index contributed by atoms with van der Waals surface area (Å²) in [5.74, 6) is -0.434. The van der Waals surface area contributed by atoms with Crippen molar-refractivity contribution in [3.63, 3.8) is 0 Å². The molecule has 1 aliphatic heterocycles. The molecule has 0 radical (unpaired) electrons. The Morgan fingerprint density at radius 3 is 2.74 bits per heavy atom. The molecule has 0 fully saturated rings. The highest BCUT2D eigenvalue weighted by Crippen LogP contribution is 2.38. The first kappa shape index (κ1) is 22.3. The molecule has 7 heteroatoms. The first-order valence-electron chi connectivity index (χ1n) is 11.3. The van der Waals surface area contributed by atoms with Crippen molar-refractivity contribution in [2.45, 2.75) is 12.5 Å². The molecule has 0 saturated heterocycles. The zero-order valence-electron chi connectivity index (χ0n) is 19.1. The zero-order valence-corrected chi connectivity index (χ0v) is 19.1. The number of nitrogens with zero attached hydrogens (tertiary/aromatic N) is 1. The molecule has 4 aromatic rings. The number of benzene rings is 2. The molecule has 0 saturated carbocycles. The van der Waals surface area contributed by atoms with Crippen LogP contribution in [0.25, 0.3) is 17.0 Å². The van der Waals surface area contributed by atoms with Gasteiger partial charge in [-0.15, -0.1) is 0 Å². The molecule has 3 heterocycles. The minimum Gasteiger partial charge on any atom is -0.503 e. The molecule has 5 rings (SSSR count). The number of hydrogen-bond donors (Lipinski definition) is 2. The van der Waals surface area contributed by atoms with Gasteiger partial charge in [-0.3, -0.25) is 9.59 Å². The number of amides is 1. The van der Waals surface area contributed by atoms with Gasteiger partial charge in [-0.1, -0.05) is 36.4 Å². The number of hydrogen-bond acceptors (Lipinski definition) is 5. The maximum Gasteiger partial charge on any atom is 0.290 e. The smallest absolute Gasteiger partial charge is 0.290 e. The van der Waals surface area contributed by atoms with Gasteiger partial charge in [0.25, 0.3) is 5.91 Å². The maximum absolute atomic E-state index is 13.2. The number of ether oxygens (including phenoxy) is 1. The number of methoxy groups -OCH3 is 1. The zero-order chi connectivity index (χ0) is 24.4. The van der Waals surface area contributed by atoms with E-state index in [1.165, 1.54) is 17.2 Å². The summed E-state index contributed by atoms with van der Waals surface area (Å²) >= 11 is 0. The van der Waals surface area contributed by atoms with Crippen molar-refractivity contribution in [1.82, 2.24) is 9.88 Å². The second-order valence-corrected chi connectivity index (χ2v) is 8.26. The van der Waals surface area contributed by atoms with Crippen LogP contribution in [-0.4, -0.2) is 40.3 Å². The topological polar surface area (TPSA) is 95.8 Å². The lowest BCUT2D eigenvalue weighted by Gasteiger charge is -2.24. The fraction of sp³-hybridized carbons (Fsp3) is 0.143. The van der Waals surface area contributed by atoms with Crippen LogP contribution in [0, 0.1) is 0 Å². The van der Waals surface area contributed by atoms with Gasteiger partial charge in [-0.2, -0.15) is 0 Å². The Bertz CT molecular complexity index is 1430. The number of furan rings is 1. The van der Waals surface area contributed by atoms with E-state index in [0.717, 1.165) is 27.8 Å². The van der Waals surface area contributed by atoms with Crippen LogP contribution in [0.5, 0.6) is 5.75 Å². The second kappa shape index (κ2) is 9.38. The number of aliphatic hydroxyl groups excluding tert-OH is 1. The summed E-state index contributed by atoms with van der Waals surface area (Å²) in [5.41, 5.74) is 2.80. The largest absolute Gasteiger partial charge is 0.503 e. The summed E-state index contributed by atoms with van der Waals surface area (Å²) < 4.78 is 10.9. The summed E-state index contributed by atoms with van der Waals surface area (Å²) in [4.78, 5) is 31.0. The van der Waals surface area contributed by atoms with E-state index in [9.17, 15) is 14.7 Å². The number of allylic oxidation sites excluding steroid dienone is 1. The van der Waals surface area contributed by atoms with E-state index < -0.39 is 23.5 Å². The van der Waals surface area contributed by atoms with Gasteiger partial charge in [0, 0.05) is 23.6 Å².